The number of carboxylic acids is 1. The molecule has 0 aliphatic rings. The maximum absolute atomic E-state index is 10.5. The minimum atomic E-state index is -0.960. The molecule has 5 N–H and O–H groups in total. The van der Waals surface area contributed by atoms with Crippen LogP contribution in [0.3, 0.4) is 0 Å². The lowest BCUT2D eigenvalue weighted by Gasteiger charge is -2.12. The van der Waals surface area contributed by atoms with Gasteiger partial charge in [-0.2, -0.15) is 0 Å². The summed E-state index contributed by atoms with van der Waals surface area (Å²) in [7, 11) is 0. The van der Waals surface area contributed by atoms with E-state index < -0.39 is 12.0 Å². The van der Waals surface area contributed by atoms with Crippen LogP contribution < -0.4 is 11.1 Å². The highest BCUT2D eigenvalue weighted by molar-refractivity contribution is 5.82. The fourth-order valence-corrected chi connectivity index (χ4v) is 0.853. The molecular weight excluding hydrogens is 158 g/mol. The molecule has 0 heterocycles. The lowest BCUT2D eigenvalue weighted by Crippen LogP contribution is -2.43. The number of guanidine groups is 1. The van der Waals surface area contributed by atoms with Crippen molar-refractivity contribution in [3.8, 4) is 0 Å². The first-order valence-corrected chi connectivity index (χ1v) is 3.91. The van der Waals surface area contributed by atoms with Crippen molar-refractivity contribution in [2.75, 3.05) is 0 Å². The molecule has 0 aromatic rings. The third-order valence-corrected chi connectivity index (χ3v) is 1.47. The van der Waals surface area contributed by atoms with Crippen LogP contribution in [0.15, 0.2) is 0 Å². The number of carboxylic acid groups (broad SMARTS) is 1. The Bertz CT molecular complexity index is 170. The molecule has 0 amide bonds. The zero-order valence-electron chi connectivity index (χ0n) is 7.13. The molecule has 0 aromatic heterocycles. The van der Waals surface area contributed by atoms with E-state index >= 15 is 0 Å². The van der Waals surface area contributed by atoms with Crippen LogP contribution in [-0.4, -0.2) is 23.1 Å². The van der Waals surface area contributed by atoms with Gasteiger partial charge in [0.25, 0.3) is 0 Å². The molecule has 0 fully saturated rings. The van der Waals surface area contributed by atoms with Gasteiger partial charge in [0.1, 0.15) is 6.04 Å². The summed E-state index contributed by atoms with van der Waals surface area (Å²) in [5.41, 5.74) is 5.01. The number of nitrogens with two attached hydrogens (primary N) is 1. The van der Waals surface area contributed by atoms with Gasteiger partial charge in [-0.05, 0) is 6.42 Å². The van der Waals surface area contributed by atoms with Crippen molar-refractivity contribution in [3.63, 3.8) is 0 Å². The molecule has 1 atom stereocenters. The Hall–Kier alpha value is -1.26. The smallest absolute Gasteiger partial charge is 0.326 e. The number of nitrogens with one attached hydrogen (secondary N) is 2. The predicted molar refractivity (Wildman–Crippen MR) is 46.0 cm³/mol. The second-order valence-corrected chi connectivity index (χ2v) is 2.59. The Morgan fingerprint density at radius 1 is 1.75 bits per heavy atom. The van der Waals surface area contributed by atoms with Gasteiger partial charge in [-0.3, -0.25) is 5.41 Å². The second-order valence-electron chi connectivity index (χ2n) is 2.59. The summed E-state index contributed by atoms with van der Waals surface area (Å²) in [6.45, 7) is 1.98. The van der Waals surface area contributed by atoms with Crippen LogP contribution in [0.5, 0.6) is 0 Å². The van der Waals surface area contributed by atoms with Gasteiger partial charge in [0.2, 0.25) is 0 Å². The van der Waals surface area contributed by atoms with Crippen molar-refractivity contribution in [3.05, 3.63) is 0 Å². The van der Waals surface area contributed by atoms with Gasteiger partial charge in [0, 0.05) is 0 Å². The lowest BCUT2D eigenvalue weighted by atomic mass is 10.1. The summed E-state index contributed by atoms with van der Waals surface area (Å²) in [5, 5.41) is 17.9. The highest BCUT2D eigenvalue weighted by atomic mass is 16.4. The van der Waals surface area contributed by atoms with Crippen molar-refractivity contribution in [1.82, 2.24) is 5.32 Å². The normalized spacial score (nSPS) is 12.1. The molecule has 0 saturated carbocycles. The molecule has 0 aliphatic carbocycles. The van der Waals surface area contributed by atoms with Crippen LogP contribution in [0.1, 0.15) is 26.2 Å². The molecule has 12 heavy (non-hydrogen) atoms. The molecule has 1 unspecified atom stereocenters. The fourth-order valence-electron chi connectivity index (χ4n) is 0.853. The highest BCUT2D eigenvalue weighted by Gasteiger charge is 2.15. The maximum Gasteiger partial charge on any atom is 0.326 e. The standard InChI is InChI=1S/C7H15N3O2/c1-2-3-4-5(6(11)12)10-7(8)9/h5H,2-4H2,1H3,(H,11,12)(H4,8,9,10). The quantitative estimate of drug-likeness (QED) is 0.350. The van der Waals surface area contributed by atoms with Gasteiger partial charge < -0.3 is 16.2 Å². The zero-order chi connectivity index (χ0) is 9.56. The Kier molecular flexibility index (Phi) is 4.83. The van der Waals surface area contributed by atoms with Gasteiger partial charge in [0.15, 0.2) is 5.96 Å². The molecular formula is C7H15N3O2. The van der Waals surface area contributed by atoms with Gasteiger partial charge in [0.05, 0.1) is 0 Å². The Balaban J connectivity index is 3.87. The van der Waals surface area contributed by atoms with Crippen LogP contribution in [0, 0.1) is 5.41 Å². The van der Waals surface area contributed by atoms with Gasteiger partial charge in [-0.1, -0.05) is 19.8 Å². The third-order valence-electron chi connectivity index (χ3n) is 1.47. The third kappa shape index (κ3) is 4.54. The van der Waals surface area contributed by atoms with Crippen LogP contribution in [-0.2, 0) is 4.79 Å². The van der Waals surface area contributed by atoms with Gasteiger partial charge in [-0.25, -0.2) is 4.79 Å². The number of hydrogen-bond acceptors (Lipinski definition) is 2. The monoisotopic (exact) mass is 173 g/mol. The molecule has 0 bridgehead atoms. The number of rotatable bonds is 5. The topological polar surface area (TPSA) is 99.2 Å². The van der Waals surface area contributed by atoms with Crippen molar-refractivity contribution in [2.24, 2.45) is 5.73 Å². The molecule has 5 nitrogen and oxygen atoms in total. The minimum absolute atomic E-state index is 0.293. The number of carbonyl (C=O) groups is 1. The summed E-state index contributed by atoms with van der Waals surface area (Å²) in [6.07, 6.45) is 2.26. The lowest BCUT2D eigenvalue weighted by molar-refractivity contribution is -0.139. The Morgan fingerprint density at radius 2 is 2.33 bits per heavy atom. The van der Waals surface area contributed by atoms with E-state index in [0.29, 0.717) is 6.42 Å². The van der Waals surface area contributed by atoms with E-state index in [1.165, 1.54) is 0 Å². The summed E-state index contributed by atoms with van der Waals surface area (Å²) in [6, 6.07) is -0.720. The van der Waals surface area contributed by atoms with Crippen LogP contribution >= 0.6 is 0 Å². The summed E-state index contributed by atoms with van der Waals surface area (Å²) in [5.74, 6) is -1.25. The van der Waals surface area contributed by atoms with Crippen molar-refractivity contribution < 1.29 is 9.90 Å². The van der Waals surface area contributed by atoms with Crippen molar-refractivity contribution >= 4 is 11.9 Å². The largest absolute Gasteiger partial charge is 0.480 e. The number of unbranched alkanes of at least 4 members (excludes halogenated alkanes) is 1. The Labute approximate surface area is 71.5 Å². The van der Waals surface area contributed by atoms with Crippen molar-refractivity contribution in [2.45, 2.75) is 32.2 Å². The van der Waals surface area contributed by atoms with Crippen LogP contribution in [0.25, 0.3) is 0 Å². The van der Waals surface area contributed by atoms with Gasteiger partial charge in [-0.15, -0.1) is 0 Å². The van der Waals surface area contributed by atoms with E-state index in [4.69, 9.17) is 16.2 Å². The van der Waals surface area contributed by atoms with E-state index in [1.54, 1.807) is 0 Å². The van der Waals surface area contributed by atoms with Crippen molar-refractivity contribution in [1.29, 1.82) is 5.41 Å². The summed E-state index contributed by atoms with van der Waals surface area (Å²) >= 11 is 0. The molecule has 70 valence electrons. The first kappa shape index (κ1) is 10.7. The summed E-state index contributed by atoms with van der Waals surface area (Å²) < 4.78 is 0. The van der Waals surface area contributed by atoms with E-state index in [0.717, 1.165) is 12.8 Å². The van der Waals surface area contributed by atoms with Gasteiger partial charge >= 0.3 is 5.97 Å². The number of aliphatic carboxylic acids is 1. The first-order valence-electron chi connectivity index (χ1n) is 3.91. The predicted octanol–water partition coefficient (Wildman–Crippen LogP) is 0.113. The fraction of sp³-hybridized carbons (Fsp3) is 0.714. The first-order chi connectivity index (χ1) is 5.57. The zero-order valence-corrected chi connectivity index (χ0v) is 7.13. The van der Waals surface area contributed by atoms with Crippen LogP contribution in [0.2, 0.25) is 0 Å². The van der Waals surface area contributed by atoms with E-state index in [9.17, 15) is 4.79 Å². The molecule has 0 saturated heterocycles. The number of hydrogen-bond donors (Lipinski definition) is 4. The average Bonchev–Trinajstić information content (AvgIpc) is 1.96. The van der Waals surface area contributed by atoms with E-state index in [-0.39, 0.29) is 5.96 Å². The van der Waals surface area contributed by atoms with E-state index in [2.05, 4.69) is 5.32 Å². The molecule has 0 rings (SSSR count). The molecule has 0 aromatic carbocycles. The molecule has 5 heteroatoms. The average molecular weight is 173 g/mol. The summed E-state index contributed by atoms with van der Waals surface area (Å²) in [4.78, 5) is 10.5. The highest BCUT2D eigenvalue weighted by Crippen LogP contribution is 1.99. The maximum atomic E-state index is 10.5. The minimum Gasteiger partial charge on any atom is -0.480 e. The van der Waals surface area contributed by atoms with E-state index in [1.807, 2.05) is 6.92 Å². The molecule has 0 radical (unpaired) electrons. The SMILES string of the molecule is CCCCC(NC(=N)N)C(=O)O. The van der Waals surface area contributed by atoms with Crippen LogP contribution in [0.4, 0.5) is 0 Å². The molecule has 0 spiro atoms. The second kappa shape index (κ2) is 5.40. The Morgan fingerprint density at radius 3 is 2.67 bits per heavy atom. The molecule has 0 aliphatic heterocycles.